The number of carbonyl (C=O) groups excluding carboxylic acids is 1. The van der Waals surface area contributed by atoms with Crippen molar-refractivity contribution in [2.24, 2.45) is 0 Å². The third-order valence-electron chi connectivity index (χ3n) is 0.766. The van der Waals surface area contributed by atoms with Gasteiger partial charge in [0.15, 0.2) is 5.22 Å². The highest BCUT2D eigenvalue weighted by molar-refractivity contribution is 6.29. The van der Waals surface area contributed by atoms with E-state index in [0.29, 0.717) is 5.57 Å². The van der Waals surface area contributed by atoms with Crippen LogP contribution in [0.15, 0.2) is 23.4 Å². The zero-order valence-electron chi connectivity index (χ0n) is 5.98. The van der Waals surface area contributed by atoms with E-state index in [-0.39, 0.29) is 5.22 Å². The van der Waals surface area contributed by atoms with Crippen LogP contribution >= 0.6 is 11.6 Å². The first kappa shape index (κ1) is 9.24. The molecule has 0 N–H and O–H groups in total. The third-order valence-corrected chi connectivity index (χ3v) is 1.06. The number of halogens is 1. The summed E-state index contributed by atoms with van der Waals surface area (Å²) in [4.78, 5) is 10.7. The first-order valence-corrected chi connectivity index (χ1v) is 3.15. The van der Waals surface area contributed by atoms with E-state index in [1.54, 1.807) is 13.8 Å². The van der Waals surface area contributed by atoms with Crippen molar-refractivity contribution in [3.8, 4) is 0 Å². The van der Waals surface area contributed by atoms with Crippen molar-refractivity contribution < 1.29 is 9.53 Å². The Hall–Kier alpha value is -0.760. The van der Waals surface area contributed by atoms with E-state index in [1.807, 2.05) is 0 Å². The van der Waals surface area contributed by atoms with Gasteiger partial charge in [-0.2, -0.15) is 0 Å². The zero-order chi connectivity index (χ0) is 8.15. The fourth-order valence-electron chi connectivity index (χ4n) is 0.235. The van der Waals surface area contributed by atoms with Crippen LogP contribution in [0, 0.1) is 0 Å². The van der Waals surface area contributed by atoms with Gasteiger partial charge in [-0.25, -0.2) is 4.79 Å². The largest absolute Gasteiger partial charge is 0.411 e. The fourth-order valence-corrected chi connectivity index (χ4v) is 0.305. The molecule has 0 spiro atoms. The summed E-state index contributed by atoms with van der Waals surface area (Å²) in [6.07, 6.45) is 1.49. The van der Waals surface area contributed by atoms with Gasteiger partial charge in [0.1, 0.15) is 0 Å². The Kier molecular flexibility index (Phi) is 3.81. The Bertz CT molecular complexity index is 182. The average molecular weight is 161 g/mol. The summed E-state index contributed by atoms with van der Waals surface area (Å²) in [5.41, 5.74) is 0.333. The lowest BCUT2D eigenvalue weighted by Gasteiger charge is -1.98. The topological polar surface area (TPSA) is 26.3 Å². The van der Waals surface area contributed by atoms with Crippen LogP contribution in [0.1, 0.15) is 13.8 Å². The minimum atomic E-state index is -0.497. The van der Waals surface area contributed by atoms with E-state index in [9.17, 15) is 4.79 Å². The van der Waals surface area contributed by atoms with Gasteiger partial charge in [-0.15, -0.1) is 0 Å². The Balaban J connectivity index is 3.93. The summed E-state index contributed by atoms with van der Waals surface area (Å²) in [5, 5.41) is 0.0769. The first-order chi connectivity index (χ1) is 4.57. The summed E-state index contributed by atoms with van der Waals surface area (Å²) >= 11 is 5.38. The molecule has 0 saturated heterocycles. The molecule has 0 fully saturated rings. The van der Waals surface area contributed by atoms with E-state index in [4.69, 9.17) is 11.6 Å². The molecule has 0 aromatic rings. The highest BCUT2D eigenvalue weighted by Gasteiger charge is 2.03. The molecule has 0 amide bonds. The van der Waals surface area contributed by atoms with E-state index in [2.05, 4.69) is 11.3 Å². The number of esters is 1. The third kappa shape index (κ3) is 3.30. The molecule has 0 aliphatic carbocycles. The maximum absolute atomic E-state index is 10.7. The van der Waals surface area contributed by atoms with Gasteiger partial charge in [0.05, 0.1) is 0 Å². The first-order valence-electron chi connectivity index (χ1n) is 2.77. The highest BCUT2D eigenvalue weighted by atomic mass is 35.5. The molecule has 0 aromatic heterocycles. The summed E-state index contributed by atoms with van der Waals surface area (Å²) in [7, 11) is 0. The minimum absolute atomic E-state index is 0.0769. The number of carbonyl (C=O) groups is 1. The van der Waals surface area contributed by atoms with Gasteiger partial charge < -0.3 is 4.74 Å². The summed E-state index contributed by atoms with van der Waals surface area (Å²) in [5.74, 6) is -0.497. The molecular weight excluding hydrogens is 152 g/mol. The summed E-state index contributed by atoms with van der Waals surface area (Å²) in [6.45, 7) is 6.61. The predicted molar refractivity (Wildman–Crippen MR) is 40.5 cm³/mol. The molecule has 56 valence electrons. The Morgan fingerprint density at radius 1 is 1.70 bits per heavy atom. The SMILES string of the molecule is C=C(C)C(=O)O/C(Cl)=C\C. The molecular formula is C7H9ClO2. The van der Waals surface area contributed by atoms with Crippen LogP contribution in [0.3, 0.4) is 0 Å². The normalized spacial score (nSPS) is 10.9. The minimum Gasteiger partial charge on any atom is -0.411 e. The smallest absolute Gasteiger partial charge is 0.339 e. The van der Waals surface area contributed by atoms with Crippen molar-refractivity contribution in [2.45, 2.75) is 13.8 Å². The Labute approximate surface area is 65.1 Å². The van der Waals surface area contributed by atoms with Crippen molar-refractivity contribution in [3.63, 3.8) is 0 Å². The van der Waals surface area contributed by atoms with Gasteiger partial charge >= 0.3 is 5.97 Å². The van der Waals surface area contributed by atoms with Crippen molar-refractivity contribution >= 4 is 17.6 Å². The van der Waals surface area contributed by atoms with Gasteiger partial charge in [-0.3, -0.25) is 0 Å². The van der Waals surface area contributed by atoms with Crippen molar-refractivity contribution in [3.05, 3.63) is 23.4 Å². The van der Waals surface area contributed by atoms with Crippen molar-refractivity contribution in [2.75, 3.05) is 0 Å². The fraction of sp³-hybridized carbons (Fsp3) is 0.286. The van der Waals surface area contributed by atoms with Crippen LogP contribution in [0.4, 0.5) is 0 Å². The van der Waals surface area contributed by atoms with E-state index < -0.39 is 5.97 Å². The standard InChI is InChI=1S/C7H9ClO2/c1-4-6(8)10-7(9)5(2)3/h4H,2H2,1,3H3/b6-4-. The van der Waals surface area contributed by atoms with Gasteiger partial charge in [-0.05, 0) is 31.5 Å². The second-order valence-electron chi connectivity index (χ2n) is 1.76. The van der Waals surface area contributed by atoms with Gasteiger partial charge in [0.2, 0.25) is 0 Å². The molecule has 0 radical (unpaired) electrons. The van der Waals surface area contributed by atoms with Gasteiger partial charge in [-0.1, -0.05) is 6.58 Å². The average Bonchev–Trinajstić information content (AvgIpc) is 1.87. The van der Waals surface area contributed by atoms with Gasteiger partial charge in [0.25, 0.3) is 0 Å². The number of ether oxygens (including phenoxy) is 1. The lowest BCUT2D eigenvalue weighted by atomic mass is 10.4. The van der Waals surface area contributed by atoms with E-state index in [1.165, 1.54) is 6.08 Å². The van der Waals surface area contributed by atoms with Crippen LogP contribution in [0.2, 0.25) is 0 Å². The zero-order valence-corrected chi connectivity index (χ0v) is 6.73. The van der Waals surface area contributed by atoms with Crippen molar-refractivity contribution in [1.82, 2.24) is 0 Å². The molecule has 0 aliphatic rings. The van der Waals surface area contributed by atoms with Crippen molar-refractivity contribution in [1.29, 1.82) is 0 Å². The maximum atomic E-state index is 10.7. The van der Waals surface area contributed by atoms with Crippen LogP contribution < -0.4 is 0 Å². The number of hydrogen-bond acceptors (Lipinski definition) is 2. The van der Waals surface area contributed by atoms with E-state index in [0.717, 1.165) is 0 Å². The number of rotatable bonds is 2. The van der Waals surface area contributed by atoms with E-state index >= 15 is 0 Å². The van der Waals surface area contributed by atoms with Crippen LogP contribution in [-0.4, -0.2) is 5.97 Å². The molecule has 0 aliphatic heterocycles. The molecule has 0 unspecified atom stereocenters. The molecule has 0 aromatic carbocycles. The van der Waals surface area contributed by atoms with Crippen LogP contribution in [-0.2, 0) is 9.53 Å². The lowest BCUT2D eigenvalue weighted by Crippen LogP contribution is -2.01. The Morgan fingerprint density at radius 2 is 2.20 bits per heavy atom. The maximum Gasteiger partial charge on any atom is 0.339 e. The second kappa shape index (κ2) is 4.12. The molecule has 0 saturated carbocycles. The number of allylic oxidation sites excluding steroid dienone is 1. The molecule has 10 heavy (non-hydrogen) atoms. The molecule has 2 nitrogen and oxygen atoms in total. The Morgan fingerprint density at radius 3 is 2.50 bits per heavy atom. The van der Waals surface area contributed by atoms with Crippen LogP contribution in [0.25, 0.3) is 0 Å². The lowest BCUT2D eigenvalue weighted by molar-refractivity contribution is -0.134. The van der Waals surface area contributed by atoms with Crippen LogP contribution in [0.5, 0.6) is 0 Å². The quantitative estimate of drug-likeness (QED) is 0.352. The molecule has 0 bridgehead atoms. The monoisotopic (exact) mass is 160 g/mol. The molecule has 3 heteroatoms. The summed E-state index contributed by atoms with van der Waals surface area (Å²) < 4.78 is 4.55. The second-order valence-corrected chi connectivity index (χ2v) is 2.14. The molecule has 0 heterocycles. The molecule has 0 atom stereocenters. The highest BCUT2D eigenvalue weighted by Crippen LogP contribution is 2.05. The predicted octanol–water partition coefficient (Wildman–Crippen LogP) is 2.21. The molecule has 0 rings (SSSR count). The van der Waals surface area contributed by atoms with Gasteiger partial charge in [0, 0.05) is 5.57 Å². The number of hydrogen-bond donors (Lipinski definition) is 0. The summed E-state index contributed by atoms with van der Waals surface area (Å²) in [6, 6.07) is 0.